The molecule has 0 saturated carbocycles. The van der Waals surface area contributed by atoms with Crippen molar-refractivity contribution in [2.45, 2.75) is 78.4 Å². The summed E-state index contributed by atoms with van der Waals surface area (Å²) in [6.07, 6.45) is 6.65. The number of unbranched alkanes of at least 4 members (excludes halogenated alkanes) is 3. The van der Waals surface area contributed by atoms with E-state index in [1.807, 2.05) is 27.7 Å². The van der Waals surface area contributed by atoms with Crippen molar-refractivity contribution in [2.75, 3.05) is 47.3 Å². The van der Waals surface area contributed by atoms with Gasteiger partial charge in [-0.1, -0.05) is 18.9 Å². The lowest BCUT2D eigenvalue weighted by Gasteiger charge is -2.33. The number of quaternary nitrogens is 1. The first kappa shape index (κ1) is 28.4. The molecule has 0 heterocycles. The third kappa shape index (κ3) is 10.3. The third-order valence-corrected chi connectivity index (χ3v) is 4.37. The Balaban J connectivity index is 4.59. The van der Waals surface area contributed by atoms with Crippen LogP contribution in [0.15, 0.2) is 12.7 Å². The summed E-state index contributed by atoms with van der Waals surface area (Å²) in [5, 5.41) is 0. The van der Waals surface area contributed by atoms with E-state index < -0.39 is 10.9 Å². The molecule has 0 radical (unpaired) electrons. The van der Waals surface area contributed by atoms with E-state index in [4.69, 9.17) is 33.5 Å². The zero-order valence-corrected chi connectivity index (χ0v) is 19.4. The fraction of sp³-hybridized carbons (Fsp3) is 0.905. The normalized spacial score (nSPS) is 13.6. The van der Waals surface area contributed by atoms with Gasteiger partial charge in [0.15, 0.2) is 0 Å². The summed E-state index contributed by atoms with van der Waals surface area (Å²) < 4.78 is 23.2. The lowest BCUT2D eigenvalue weighted by molar-refractivity contribution is -1.38. The quantitative estimate of drug-likeness (QED) is 0.0886. The minimum absolute atomic E-state index is 0.291. The predicted octanol–water partition coefficient (Wildman–Crippen LogP) is 4.51. The molecule has 0 aromatic heterocycles. The Morgan fingerprint density at radius 1 is 0.828 bits per heavy atom. The molecule has 174 valence electrons. The van der Waals surface area contributed by atoms with Crippen LogP contribution < -0.4 is 0 Å². The van der Waals surface area contributed by atoms with E-state index in [9.17, 15) is 0 Å². The molecule has 0 N–H and O–H groups in total. The Labute approximate surface area is 177 Å². The highest BCUT2D eigenvalue weighted by Gasteiger charge is 2.43. The predicted molar refractivity (Wildman–Crippen MR) is 111 cm³/mol. The lowest BCUT2D eigenvalue weighted by atomic mass is 10.1. The van der Waals surface area contributed by atoms with E-state index in [1.165, 1.54) is 14.2 Å². The van der Waals surface area contributed by atoms with Gasteiger partial charge in [-0.25, -0.2) is 0 Å². The van der Waals surface area contributed by atoms with Crippen LogP contribution in [-0.2, 0) is 33.5 Å². The van der Waals surface area contributed by atoms with Crippen LogP contribution in [0.2, 0.25) is 0 Å². The summed E-state index contributed by atoms with van der Waals surface area (Å²) >= 11 is 0. The minimum Gasteiger partial charge on any atom is -0.328 e. The molecule has 8 nitrogen and oxygen atoms in total. The van der Waals surface area contributed by atoms with Crippen LogP contribution >= 0.6 is 0 Å². The van der Waals surface area contributed by atoms with Gasteiger partial charge in [0.1, 0.15) is 25.8 Å². The van der Waals surface area contributed by atoms with Crippen molar-refractivity contribution in [3.63, 3.8) is 0 Å². The summed E-state index contributed by atoms with van der Waals surface area (Å²) in [5.74, 6) is -0.928. The van der Waals surface area contributed by atoms with Gasteiger partial charge in [0.2, 0.25) is 0 Å². The molecular weight excluding hydrogens is 378 g/mol. The van der Waals surface area contributed by atoms with Gasteiger partial charge in [-0.2, -0.15) is 0 Å². The molecule has 0 rings (SSSR count). The second-order valence-corrected chi connectivity index (χ2v) is 6.33. The first-order chi connectivity index (χ1) is 14.0. The van der Waals surface area contributed by atoms with Crippen LogP contribution in [0.1, 0.15) is 66.2 Å². The number of hydrogen-bond donors (Lipinski definition) is 0. The van der Waals surface area contributed by atoms with Gasteiger partial charge >= 0.3 is 0 Å². The van der Waals surface area contributed by atoms with E-state index in [2.05, 4.69) is 6.58 Å². The third-order valence-electron chi connectivity index (χ3n) is 4.37. The Kier molecular flexibility index (Phi) is 16.8. The number of rotatable bonds is 21. The average Bonchev–Trinajstić information content (AvgIpc) is 2.72. The van der Waals surface area contributed by atoms with Gasteiger partial charge in [-0.15, -0.1) is 21.1 Å². The molecule has 8 heteroatoms. The maximum Gasteiger partial charge on any atom is 0.290 e. The van der Waals surface area contributed by atoms with Crippen LogP contribution in [0.4, 0.5) is 0 Å². The van der Waals surface area contributed by atoms with Crippen molar-refractivity contribution in [3.8, 4) is 0 Å². The zero-order chi connectivity index (χ0) is 22.0. The van der Waals surface area contributed by atoms with Gasteiger partial charge in [-0.05, 0) is 40.5 Å². The van der Waals surface area contributed by atoms with Crippen molar-refractivity contribution < 1.29 is 38.4 Å². The number of hydroxylamine groups is 3. The second-order valence-electron chi connectivity index (χ2n) is 6.33. The molecule has 0 aromatic rings. The number of ether oxygens (including phenoxy) is 4. The highest BCUT2D eigenvalue weighted by molar-refractivity contribution is 4.62. The molecule has 0 bridgehead atoms. The molecule has 0 spiro atoms. The first-order valence-corrected chi connectivity index (χ1v) is 10.8. The monoisotopic (exact) mass is 422 g/mol. The van der Waals surface area contributed by atoms with E-state index in [1.54, 1.807) is 6.08 Å². The van der Waals surface area contributed by atoms with E-state index in [-0.39, 0.29) is 6.23 Å². The fourth-order valence-corrected chi connectivity index (χ4v) is 3.20. The molecule has 0 aliphatic carbocycles. The first-order valence-electron chi connectivity index (χ1n) is 10.8. The smallest absolute Gasteiger partial charge is 0.290 e. The van der Waals surface area contributed by atoms with Gasteiger partial charge in [0, 0.05) is 32.7 Å². The van der Waals surface area contributed by atoms with Crippen molar-refractivity contribution >= 4 is 0 Å². The fourth-order valence-electron chi connectivity index (χ4n) is 3.20. The van der Waals surface area contributed by atoms with Crippen molar-refractivity contribution in [1.82, 2.24) is 0 Å². The SMILES string of the molecule is C=CCO[N+](OC)(OC)C(CCCCCCC(OCC)(OCC)OCC)OCC. The maximum absolute atomic E-state index is 5.85. The summed E-state index contributed by atoms with van der Waals surface area (Å²) in [5.41, 5.74) is 0. The van der Waals surface area contributed by atoms with Crippen molar-refractivity contribution in [3.05, 3.63) is 12.7 Å². The van der Waals surface area contributed by atoms with Crippen LogP contribution in [0.3, 0.4) is 0 Å². The van der Waals surface area contributed by atoms with E-state index in [0.717, 1.165) is 32.1 Å². The molecule has 0 amide bonds. The van der Waals surface area contributed by atoms with Crippen molar-refractivity contribution in [1.29, 1.82) is 0 Å². The Morgan fingerprint density at radius 3 is 1.83 bits per heavy atom. The number of nitrogens with zero attached hydrogens (tertiary/aromatic N) is 1. The summed E-state index contributed by atoms with van der Waals surface area (Å²) in [6.45, 7) is 13.9. The summed E-state index contributed by atoms with van der Waals surface area (Å²) in [4.78, 5) is 16.2. The lowest BCUT2D eigenvalue weighted by Crippen LogP contribution is -2.54. The minimum atomic E-state index is -0.928. The van der Waals surface area contributed by atoms with E-state index >= 15 is 0 Å². The zero-order valence-electron chi connectivity index (χ0n) is 19.4. The van der Waals surface area contributed by atoms with Crippen LogP contribution in [-0.4, -0.2) is 64.4 Å². The van der Waals surface area contributed by atoms with Gasteiger partial charge in [-0.3, -0.25) is 0 Å². The topological polar surface area (TPSA) is 64.6 Å². The highest BCUT2D eigenvalue weighted by atomic mass is 17.2. The average molecular weight is 423 g/mol. The molecular formula is C21H44NO7+. The van der Waals surface area contributed by atoms with Crippen LogP contribution in [0, 0.1) is 0 Å². The largest absolute Gasteiger partial charge is 0.328 e. The summed E-state index contributed by atoms with van der Waals surface area (Å²) in [6, 6.07) is 0. The highest BCUT2D eigenvalue weighted by Crippen LogP contribution is 2.26. The Bertz CT molecular complexity index is 374. The number of hydrogen-bond acceptors (Lipinski definition) is 7. The molecule has 1 atom stereocenters. The van der Waals surface area contributed by atoms with E-state index in [0.29, 0.717) is 39.5 Å². The second kappa shape index (κ2) is 17.1. The Hall–Kier alpha value is -0.580. The van der Waals surface area contributed by atoms with Gasteiger partial charge in [0.05, 0.1) is 6.61 Å². The summed E-state index contributed by atoms with van der Waals surface area (Å²) in [7, 11) is 3.07. The van der Waals surface area contributed by atoms with Crippen LogP contribution in [0.25, 0.3) is 0 Å². The molecule has 0 aliphatic rings. The standard InChI is InChI=1S/C21H44NO7/c1-8-19-29-22(23-6,24-7)20(25-9-2)17-15-13-14-16-18-21(26-10-3,27-11-4)28-12-5/h8,20H,1,9-19H2,2-7H3/q+1. The molecule has 0 fully saturated rings. The van der Waals surface area contributed by atoms with Crippen molar-refractivity contribution in [2.24, 2.45) is 0 Å². The molecule has 0 aliphatic heterocycles. The molecule has 0 aromatic carbocycles. The van der Waals surface area contributed by atoms with Gasteiger partial charge < -0.3 is 18.9 Å². The van der Waals surface area contributed by atoms with Crippen LogP contribution in [0.5, 0.6) is 0 Å². The van der Waals surface area contributed by atoms with Gasteiger partial charge in [0.25, 0.3) is 12.2 Å². The Morgan fingerprint density at radius 2 is 1.38 bits per heavy atom. The molecule has 29 heavy (non-hydrogen) atoms. The molecule has 0 saturated heterocycles. The molecule has 1 unspecified atom stereocenters. The maximum atomic E-state index is 5.85.